The highest BCUT2D eigenvalue weighted by Crippen LogP contribution is 2.23. The first-order valence-corrected chi connectivity index (χ1v) is 7.51. The molecule has 0 saturated heterocycles. The molecular formula is C10H17ClN4O4S. The van der Waals surface area contributed by atoms with Gasteiger partial charge in [0.2, 0.25) is 10.0 Å². The Kier molecular flexibility index (Phi) is 6.59. The second kappa shape index (κ2) is 7.72. The van der Waals surface area contributed by atoms with Crippen LogP contribution in [0.15, 0.2) is 17.2 Å². The van der Waals surface area contributed by atoms with Gasteiger partial charge in [0, 0.05) is 26.4 Å². The Bertz CT molecular complexity index is 540. The van der Waals surface area contributed by atoms with Crippen LogP contribution in [0.3, 0.4) is 0 Å². The van der Waals surface area contributed by atoms with Crippen molar-refractivity contribution >= 4 is 27.4 Å². The summed E-state index contributed by atoms with van der Waals surface area (Å²) in [6.45, 7) is -0.0104. The van der Waals surface area contributed by atoms with Crippen LogP contribution >= 0.6 is 11.6 Å². The van der Waals surface area contributed by atoms with E-state index in [-0.39, 0.29) is 42.0 Å². The molecule has 8 nitrogen and oxygen atoms in total. The van der Waals surface area contributed by atoms with Crippen molar-refractivity contribution in [1.29, 1.82) is 0 Å². The number of sulfonamides is 1. The number of aliphatic hydroxyl groups is 1. The van der Waals surface area contributed by atoms with Crippen LogP contribution in [0, 0.1) is 0 Å². The van der Waals surface area contributed by atoms with Crippen LogP contribution in [0.2, 0.25) is 5.02 Å². The molecule has 0 fully saturated rings. The highest BCUT2D eigenvalue weighted by atomic mass is 35.5. The van der Waals surface area contributed by atoms with Gasteiger partial charge in [-0.25, -0.2) is 19.2 Å². The zero-order valence-electron chi connectivity index (χ0n) is 10.9. The maximum absolute atomic E-state index is 12.4. The Hall–Kier alpha value is -0.970. The van der Waals surface area contributed by atoms with Gasteiger partial charge in [-0.05, 0) is 6.07 Å². The smallest absolute Gasteiger partial charge is 0.244 e. The molecule has 4 N–H and O–H groups in total. The number of nitrogens with two attached hydrogens (primary N) is 1. The Morgan fingerprint density at radius 3 is 2.75 bits per heavy atom. The average Bonchev–Trinajstić information content (AvgIpc) is 2.43. The predicted molar refractivity (Wildman–Crippen MR) is 74.8 cm³/mol. The molecule has 0 aliphatic carbocycles. The molecule has 0 aliphatic rings. The second-order valence-corrected chi connectivity index (χ2v) is 6.11. The molecule has 114 valence electrons. The fraction of sp³-hybridized carbons (Fsp3) is 0.500. The lowest BCUT2D eigenvalue weighted by atomic mass is 10.5. The Labute approximate surface area is 122 Å². The lowest BCUT2D eigenvalue weighted by molar-refractivity contribution is 0.168. The first kappa shape index (κ1) is 17.1. The van der Waals surface area contributed by atoms with Gasteiger partial charge in [0.15, 0.2) is 5.82 Å². The molecule has 0 spiro atoms. The molecule has 1 aromatic heterocycles. The summed E-state index contributed by atoms with van der Waals surface area (Å²) >= 11 is 5.86. The molecule has 0 radical (unpaired) electrons. The summed E-state index contributed by atoms with van der Waals surface area (Å²) < 4.78 is 30.7. The van der Waals surface area contributed by atoms with Crippen molar-refractivity contribution in [3.05, 3.63) is 17.3 Å². The minimum absolute atomic E-state index is 0.0415. The summed E-state index contributed by atoms with van der Waals surface area (Å²) in [5, 5.41) is 9.06. The van der Waals surface area contributed by atoms with Crippen LogP contribution in [-0.4, -0.2) is 56.2 Å². The Balaban J connectivity index is 3.08. The van der Waals surface area contributed by atoms with Crippen molar-refractivity contribution < 1.29 is 18.3 Å². The third kappa shape index (κ3) is 4.01. The van der Waals surface area contributed by atoms with Gasteiger partial charge in [0.05, 0.1) is 18.2 Å². The molecule has 0 bridgehead atoms. The van der Waals surface area contributed by atoms with Gasteiger partial charge in [-0.3, -0.25) is 0 Å². The van der Waals surface area contributed by atoms with E-state index in [4.69, 9.17) is 27.3 Å². The van der Waals surface area contributed by atoms with Gasteiger partial charge in [-0.1, -0.05) is 11.6 Å². The number of hydrogen-bond donors (Lipinski definition) is 3. The molecule has 1 aromatic rings. The summed E-state index contributed by atoms with van der Waals surface area (Å²) in [6.07, 6.45) is 1.15. The number of aromatic nitrogens is 1. The number of anilines is 1. The highest BCUT2D eigenvalue weighted by Gasteiger charge is 2.25. The number of rotatable bonds is 8. The average molecular weight is 325 g/mol. The molecular weight excluding hydrogens is 308 g/mol. The van der Waals surface area contributed by atoms with E-state index < -0.39 is 10.0 Å². The summed E-state index contributed by atoms with van der Waals surface area (Å²) in [5.41, 5.74) is 2.25. The quantitative estimate of drug-likeness (QED) is 0.442. The van der Waals surface area contributed by atoms with E-state index in [1.54, 1.807) is 0 Å². The standard InChI is InChI=1S/C10H17ClN4O4S/c1-19-5-3-15(2-4-16)20(17,18)8-6-9(11)10(14-12)13-7-8/h6-7,16H,2-5,12H2,1H3,(H,13,14). The van der Waals surface area contributed by atoms with Gasteiger partial charge in [-0.15, -0.1) is 0 Å². The lowest BCUT2D eigenvalue weighted by Gasteiger charge is -2.21. The second-order valence-electron chi connectivity index (χ2n) is 3.77. The van der Waals surface area contributed by atoms with E-state index in [1.165, 1.54) is 13.2 Å². The molecule has 10 heteroatoms. The molecule has 1 heterocycles. The topological polar surface area (TPSA) is 118 Å². The van der Waals surface area contributed by atoms with Gasteiger partial charge < -0.3 is 15.3 Å². The summed E-state index contributed by atoms with van der Waals surface area (Å²) in [7, 11) is -2.34. The van der Waals surface area contributed by atoms with Crippen molar-refractivity contribution in [2.24, 2.45) is 5.84 Å². The first-order chi connectivity index (χ1) is 9.47. The molecule has 0 aromatic carbocycles. The molecule has 1 rings (SSSR count). The SMILES string of the molecule is COCCN(CCO)S(=O)(=O)c1cnc(NN)c(Cl)c1. The minimum Gasteiger partial charge on any atom is -0.395 e. The maximum atomic E-state index is 12.4. The number of methoxy groups -OCH3 is 1. The number of ether oxygens (including phenoxy) is 1. The largest absolute Gasteiger partial charge is 0.395 e. The van der Waals surface area contributed by atoms with E-state index in [2.05, 4.69) is 10.4 Å². The van der Waals surface area contributed by atoms with Gasteiger partial charge in [0.1, 0.15) is 4.90 Å². The normalized spacial score (nSPS) is 11.8. The predicted octanol–water partition coefficient (Wildman–Crippen LogP) is -0.350. The zero-order chi connectivity index (χ0) is 15.2. The van der Waals surface area contributed by atoms with Crippen LogP contribution in [0.1, 0.15) is 0 Å². The number of nitrogens with one attached hydrogen (secondary N) is 1. The number of hydrazine groups is 1. The summed E-state index contributed by atoms with van der Waals surface area (Å²) in [4.78, 5) is 3.74. The van der Waals surface area contributed by atoms with Crippen molar-refractivity contribution in [2.75, 3.05) is 38.8 Å². The molecule has 0 atom stereocenters. The Morgan fingerprint density at radius 1 is 1.55 bits per heavy atom. The van der Waals surface area contributed by atoms with Crippen LogP contribution in [-0.2, 0) is 14.8 Å². The van der Waals surface area contributed by atoms with Crippen molar-refractivity contribution in [3.63, 3.8) is 0 Å². The Morgan fingerprint density at radius 2 is 2.25 bits per heavy atom. The number of pyridine rings is 1. The molecule has 0 unspecified atom stereocenters. The van der Waals surface area contributed by atoms with Gasteiger partial charge in [0.25, 0.3) is 0 Å². The van der Waals surface area contributed by atoms with Crippen LogP contribution < -0.4 is 11.3 Å². The van der Waals surface area contributed by atoms with Crippen LogP contribution in [0.25, 0.3) is 0 Å². The molecule has 20 heavy (non-hydrogen) atoms. The number of nitrogens with zero attached hydrogens (tertiary/aromatic N) is 2. The van der Waals surface area contributed by atoms with E-state index in [0.29, 0.717) is 0 Å². The van der Waals surface area contributed by atoms with Crippen molar-refractivity contribution in [1.82, 2.24) is 9.29 Å². The zero-order valence-corrected chi connectivity index (χ0v) is 12.5. The fourth-order valence-electron chi connectivity index (χ4n) is 1.47. The maximum Gasteiger partial charge on any atom is 0.244 e. The number of nitrogen functional groups attached to an aromatic ring is 1. The molecule has 0 saturated carbocycles. The lowest BCUT2D eigenvalue weighted by Crippen LogP contribution is -2.36. The van der Waals surface area contributed by atoms with E-state index in [1.807, 2.05) is 0 Å². The van der Waals surface area contributed by atoms with E-state index >= 15 is 0 Å². The van der Waals surface area contributed by atoms with Crippen molar-refractivity contribution in [2.45, 2.75) is 4.90 Å². The third-order valence-electron chi connectivity index (χ3n) is 2.48. The van der Waals surface area contributed by atoms with Crippen LogP contribution in [0.4, 0.5) is 5.82 Å². The van der Waals surface area contributed by atoms with Gasteiger partial charge >= 0.3 is 0 Å². The van der Waals surface area contributed by atoms with Gasteiger partial charge in [-0.2, -0.15) is 4.31 Å². The number of hydrogen-bond acceptors (Lipinski definition) is 7. The number of aliphatic hydroxyl groups excluding tert-OH is 1. The van der Waals surface area contributed by atoms with Crippen molar-refractivity contribution in [3.8, 4) is 0 Å². The summed E-state index contributed by atoms with van der Waals surface area (Å²) in [5.74, 6) is 5.35. The first-order valence-electron chi connectivity index (χ1n) is 5.69. The van der Waals surface area contributed by atoms with E-state index in [0.717, 1.165) is 10.5 Å². The minimum atomic E-state index is -3.81. The summed E-state index contributed by atoms with van der Waals surface area (Å²) in [6, 6.07) is 1.25. The molecule has 0 aliphatic heterocycles. The van der Waals surface area contributed by atoms with E-state index in [9.17, 15) is 8.42 Å². The monoisotopic (exact) mass is 324 g/mol. The highest BCUT2D eigenvalue weighted by molar-refractivity contribution is 7.89. The number of halogens is 1. The third-order valence-corrected chi connectivity index (χ3v) is 4.64. The molecule has 0 amide bonds. The van der Waals surface area contributed by atoms with Crippen LogP contribution in [0.5, 0.6) is 0 Å². The fourth-order valence-corrected chi connectivity index (χ4v) is 3.15.